The monoisotopic (exact) mass is 289 g/mol. The molecule has 0 saturated carbocycles. The average molecular weight is 289 g/mol. The summed E-state index contributed by atoms with van der Waals surface area (Å²) in [7, 11) is 0. The van der Waals surface area contributed by atoms with Crippen LogP contribution in [0.3, 0.4) is 0 Å². The number of amides is 2. The predicted molar refractivity (Wildman–Crippen MR) is 72.1 cm³/mol. The highest BCUT2D eigenvalue weighted by molar-refractivity contribution is 5.98. The maximum atomic E-state index is 12.2. The fraction of sp³-hybridized carbons (Fsp3) is 0.357. The van der Waals surface area contributed by atoms with Gasteiger partial charge in [-0.2, -0.15) is 0 Å². The maximum absolute atomic E-state index is 12.2. The summed E-state index contributed by atoms with van der Waals surface area (Å²) in [5.41, 5.74) is 0. The van der Waals surface area contributed by atoms with Crippen molar-refractivity contribution in [1.82, 2.24) is 10.1 Å². The molecule has 0 aromatic carbocycles. The Morgan fingerprint density at radius 1 is 1.48 bits per heavy atom. The molecular weight excluding hydrogens is 274 g/mol. The van der Waals surface area contributed by atoms with Gasteiger partial charge in [-0.25, -0.2) is 0 Å². The van der Waals surface area contributed by atoms with Crippen molar-refractivity contribution in [2.24, 2.45) is 0 Å². The zero-order valence-corrected chi connectivity index (χ0v) is 11.5. The highest BCUT2D eigenvalue weighted by atomic mass is 16.5. The number of anilines is 1. The molecular formula is C14H15N3O4. The van der Waals surface area contributed by atoms with Gasteiger partial charge in [0.25, 0.3) is 0 Å². The molecule has 7 heteroatoms. The maximum Gasteiger partial charge on any atom is 0.248 e. The van der Waals surface area contributed by atoms with Gasteiger partial charge in [-0.1, -0.05) is 5.16 Å². The van der Waals surface area contributed by atoms with E-state index in [4.69, 9.17) is 4.42 Å². The first-order valence-electron chi connectivity index (χ1n) is 6.69. The van der Waals surface area contributed by atoms with Gasteiger partial charge in [0, 0.05) is 12.5 Å². The largest absolute Gasteiger partial charge is 0.464 e. The Morgan fingerprint density at radius 2 is 2.33 bits per heavy atom. The summed E-state index contributed by atoms with van der Waals surface area (Å²) < 4.78 is 10.1. The minimum atomic E-state index is -0.514. The van der Waals surface area contributed by atoms with Crippen LogP contribution in [0.25, 0.3) is 0 Å². The van der Waals surface area contributed by atoms with Crippen molar-refractivity contribution in [3.63, 3.8) is 0 Å². The van der Waals surface area contributed by atoms with Crippen molar-refractivity contribution >= 4 is 17.6 Å². The minimum Gasteiger partial charge on any atom is -0.464 e. The van der Waals surface area contributed by atoms with Gasteiger partial charge in [0.2, 0.25) is 11.8 Å². The molecule has 1 fully saturated rings. The average Bonchev–Trinajstić information content (AvgIpc) is 3.15. The number of rotatable bonds is 4. The van der Waals surface area contributed by atoms with Gasteiger partial charge in [-0.3, -0.25) is 9.59 Å². The fourth-order valence-corrected chi connectivity index (χ4v) is 2.43. The van der Waals surface area contributed by atoms with Gasteiger partial charge < -0.3 is 19.2 Å². The van der Waals surface area contributed by atoms with Gasteiger partial charge in [-0.05, 0) is 25.5 Å². The van der Waals surface area contributed by atoms with Crippen molar-refractivity contribution < 1.29 is 18.5 Å². The smallest absolute Gasteiger partial charge is 0.248 e. The number of nitrogens with zero attached hydrogens (tertiary/aromatic N) is 2. The second kappa shape index (κ2) is 5.43. The second-order valence-corrected chi connectivity index (χ2v) is 4.96. The van der Waals surface area contributed by atoms with Crippen molar-refractivity contribution in [3.05, 3.63) is 36.0 Å². The molecule has 1 N–H and O–H groups in total. The third kappa shape index (κ3) is 2.81. The van der Waals surface area contributed by atoms with Crippen LogP contribution in [-0.4, -0.2) is 27.9 Å². The summed E-state index contributed by atoms with van der Waals surface area (Å²) in [5, 5.41) is 6.27. The zero-order valence-electron chi connectivity index (χ0n) is 11.5. The summed E-state index contributed by atoms with van der Waals surface area (Å²) in [4.78, 5) is 25.8. The SMILES string of the molecule is Cc1ccc(CN2C(=O)CC[C@@H]2C(=O)Nc2ccon2)o1. The van der Waals surface area contributed by atoms with E-state index < -0.39 is 6.04 Å². The lowest BCUT2D eigenvalue weighted by atomic mass is 10.2. The fourth-order valence-electron chi connectivity index (χ4n) is 2.43. The van der Waals surface area contributed by atoms with Crippen molar-refractivity contribution in [2.45, 2.75) is 32.4 Å². The van der Waals surface area contributed by atoms with Crippen LogP contribution in [0.5, 0.6) is 0 Å². The Balaban J connectivity index is 1.71. The first-order chi connectivity index (χ1) is 10.1. The Morgan fingerprint density at radius 3 is 3.00 bits per heavy atom. The molecule has 0 aliphatic carbocycles. The molecule has 3 heterocycles. The lowest BCUT2D eigenvalue weighted by Crippen LogP contribution is -2.41. The molecule has 0 bridgehead atoms. The van der Waals surface area contributed by atoms with E-state index in [9.17, 15) is 9.59 Å². The lowest BCUT2D eigenvalue weighted by Gasteiger charge is -2.22. The molecule has 1 saturated heterocycles. The molecule has 7 nitrogen and oxygen atoms in total. The summed E-state index contributed by atoms with van der Waals surface area (Å²) in [6.45, 7) is 2.13. The van der Waals surface area contributed by atoms with E-state index >= 15 is 0 Å². The zero-order chi connectivity index (χ0) is 14.8. The molecule has 0 unspecified atom stereocenters. The summed E-state index contributed by atoms with van der Waals surface area (Å²) in [6, 6.07) is 4.68. The highest BCUT2D eigenvalue weighted by Gasteiger charge is 2.36. The van der Waals surface area contributed by atoms with Crippen LogP contribution in [0.2, 0.25) is 0 Å². The molecule has 2 aromatic rings. The number of furan rings is 1. The van der Waals surface area contributed by atoms with Crippen molar-refractivity contribution in [1.29, 1.82) is 0 Å². The number of aryl methyl sites for hydroxylation is 1. The number of aromatic nitrogens is 1. The molecule has 1 atom stereocenters. The molecule has 21 heavy (non-hydrogen) atoms. The molecule has 0 spiro atoms. The first kappa shape index (κ1) is 13.4. The molecule has 2 aromatic heterocycles. The van der Waals surface area contributed by atoms with E-state index in [2.05, 4.69) is 15.0 Å². The first-order valence-corrected chi connectivity index (χ1v) is 6.69. The normalized spacial score (nSPS) is 18.2. The quantitative estimate of drug-likeness (QED) is 0.925. The molecule has 3 rings (SSSR count). The molecule has 110 valence electrons. The van der Waals surface area contributed by atoms with Gasteiger partial charge in [-0.15, -0.1) is 0 Å². The highest BCUT2D eigenvalue weighted by Crippen LogP contribution is 2.23. The number of hydrogen-bond acceptors (Lipinski definition) is 5. The van der Waals surface area contributed by atoms with Crippen LogP contribution in [-0.2, 0) is 16.1 Å². The summed E-state index contributed by atoms with van der Waals surface area (Å²) in [6.07, 6.45) is 2.22. The molecule has 0 radical (unpaired) electrons. The Bertz CT molecular complexity index is 647. The van der Waals surface area contributed by atoms with Gasteiger partial charge >= 0.3 is 0 Å². The van der Waals surface area contributed by atoms with E-state index in [0.29, 0.717) is 31.0 Å². The Kier molecular flexibility index (Phi) is 3.47. The van der Waals surface area contributed by atoms with E-state index in [1.807, 2.05) is 19.1 Å². The van der Waals surface area contributed by atoms with Gasteiger partial charge in [0.15, 0.2) is 5.82 Å². The van der Waals surface area contributed by atoms with E-state index in [-0.39, 0.29) is 11.8 Å². The molecule has 2 amide bonds. The summed E-state index contributed by atoms with van der Waals surface area (Å²) in [5.74, 6) is 1.47. The predicted octanol–water partition coefficient (Wildman–Crippen LogP) is 1.71. The van der Waals surface area contributed by atoms with E-state index in [1.165, 1.54) is 11.2 Å². The number of likely N-dealkylation sites (tertiary alicyclic amines) is 1. The molecule has 1 aliphatic rings. The minimum absolute atomic E-state index is 0.0515. The van der Waals surface area contributed by atoms with Gasteiger partial charge in [0.1, 0.15) is 23.8 Å². The van der Waals surface area contributed by atoms with Crippen LogP contribution < -0.4 is 5.32 Å². The van der Waals surface area contributed by atoms with Crippen molar-refractivity contribution in [2.75, 3.05) is 5.32 Å². The number of hydrogen-bond donors (Lipinski definition) is 1. The number of carbonyl (C=O) groups excluding carboxylic acids is 2. The van der Waals surface area contributed by atoms with E-state index in [1.54, 1.807) is 6.07 Å². The van der Waals surface area contributed by atoms with Gasteiger partial charge in [0.05, 0.1) is 6.54 Å². The third-order valence-electron chi connectivity index (χ3n) is 3.44. The lowest BCUT2D eigenvalue weighted by molar-refractivity contribution is -0.134. The second-order valence-electron chi connectivity index (χ2n) is 4.96. The van der Waals surface area contributed by atoms with Crippen LogP contribution >= 0.6 is 0 Å². The van der Waals surface area contributed by atoms with Crippen LogP contribution in [0.15, 0.2) is 33.4 Å². The van der Waals surface area contributed by atoms with Crippen LogP contribution in [0.4, 0.5) is 5.82 Å². The number of nitrogens with one attached hydrogen (secondary N) is 1. The van der Waals surface area contributed by atoms with E-state index in [0.717, 1.165) is 5.76 Å². The topological polar surface area (TPSA) is 88.6 Å². The van der Waals surface area contributed by atoms with Crippen LogP contribution in [0, 0.1) is 6.92 Å². The standard InChI is InChI=1S/C14H15N3O4/c1-9-2-3-10(21-9)8-17-11(4-5-13(17)18)14(19)15-12-6-7-20-16-12/h2-3,6-7,11H,4-5,8H2,1H3,(H,15,16,19)/t11-/m1/s1. The van der Waals surface area contributed by atoms with Crippen molar-refractivity contribution in [3.8, 4) is 0 Å². The summed E-state index contributed by atoms with van der Waals surface area (Å²) >= 11 is 0. The van der Waals surface area contributed by atoms with Crippen LogP contribution in [0.1, 0.15) is 24.4 Å². The number of carbonyl (C=O) groups is 2. The third-order valence-corrected chi connectivity index (χ3v) is 3.44. The Hall–Kier alpha value is -2.57. The Labute approximate surface area is 120 Å². The molecule has 1 aliphatic heterocycles.